The van der Waals surface area contributed by atoms with Crippen molar-refractivity contribution in [2.24, 2.45) is 0 Å². The average molecular weight is 387 g/mol. The van der Waals surface area contributed by atoms with Crippen LogP contribution in [0.1, 0.15) is 47.9 Å². The highest BCUT2D eigenvalue weighted by Crippen LogP contribution is 2.22. The summed E-state index contributed by atoms with van der Waals surface area (Å²) in [5.74, 6) is -0.855. The fraction of sp³-hybridized carbons (Fsp3) is 0.500. The van der Waals surface area contributed by atoms with E-state index in [4.69, 9.17) is 4.74 Å². The molecule has 3 rings (SSSR count). The second-order valence-electron chi connectivity index (χ2n) is 7.91. The number of rotatable bonds is 3. The normalized spacial score (nSPS) is 17.0. The maximum atomic E-state index is 12.5. The van der Waals surface area contributed by atoms with Crippen molar-refractivity contribution in [1.29, 1.82) is 0 Å². The summed E-state index contributed by atoms with van der Waals surface area (Å²) in [6.45, 7) is 7.08. The zero-order chi connectivity index (χ0) is 20.5. The number of hydrogen-bond donors (Lipinski definition) is 0. The molecule has 4 amide bonds. The molecule has 1 aromatic carbocycles. The highest BCUT2D eigenvalue weighted by Gasteiger charge is 2.35. The van der Waals surface area contributed by atoms with E-state index in [1.165, 1.54) is 0 Å². The number of ether oxygens (including phenoxy) is 1. The van der Waals surface area contributed by atoms with E-state index >= 15 is 0 Å². The lowest BCUT2D eigenvalue weighted by atomic mass is 10.1. The highest BCUT2D eigenvalue weighted by atomic mass is 16.6. The number of hydrogen-bond acceptors (Lipinski definition) is 5. The minimum Gasteiger partial charge on any atom is -0.444 e. The number of carbonyl (C=O) groups excluding carboxylic acids is 4. The fourth-order valence-electron chi connectivity index (χ4n) is 3.27. The van der Waals surface area contributed by atoms with Crippen LogP contribution in [0, 0.1) is 0 Å². The molecule has 0 radical (unpaired) electrons. The highest BCUT2D eigenvalue weighted by molar-refractivity contribution is 6.21. The van der Waals surface area contributed by atoms with E-state index in [2.05, 4.69) is 0 Å². The minimum absolute atomic E-state index is 0.0530. The average Bonchev–Trinajstić information content (AvgIpc) is 2.89. The number of carbonyl (C=O) groups is 4. The van der Waals surface area contributed by atoms with Crippen LogP contribution in [0.2, 0.25) is 0 Å². The molecule has 0 unspecified atom stereocenters. The Morgan fingerprint density at radius 1 is 0.929 bits per heavy atom. The van der Waals surface area contributed by atoms with Gasteiger partial charge in [0.15, 0.2) is 0 Å². The van der Waals surface area contributed by atoms with Gasteiger partial charge in [-0.25, -0.2) is 4.79 Å². The van der Waals surface area contributed by atoms with Gasteiger partial charge in [-0.15, -0.1) is 0 Å². The summed E-state index contributed by atoms with van der Waals surface area (Å²) in [4.78, 5) is 53.6. The van der Waals surface area contributed by atoms with Crippen molar-refractivity contribution in [3.05, 3.63) is 35.4 Å². The third-order valence-electron chi connectivity index (χ3n) is 4.71. The van der Waals surface area contributed by atoms with Crippen molar-refractivity contribution in [2.75, 3.05) is 32.7 Å². The van der Waals surface area contributed by atoms with Crippen LogP contribution in [0.4, 0.5) is 4.79 Å². The van der Waals surface area contributed by atoms with Crippen molar-refractivity contribution < 1.29 is 23.9 Å². The van der Waals surface area contributed by atoms with E-state index in [0.29, 0.717) is 37.3 Å². The zero-order valence-electron chi connectivity index (χ0n) is 16.4. The SMILES string of the molecule is CC(C)(C)OC(=O)N1CCN(C(=O)CCN2C(=O)c3ccccc3C2=O)CC1. The molecule has 1 saturated heterocycles. The van der Waals surface area contributed by atoms with Crippen molar-refractivity contribution in [3.8, 4) is 0 Å². The van der Waals surface area contributed by atoms with Gasteiger partial charge in [-0.3, -0.25) is 19.3 Å². The van der Waals surface area contributed by atoms with Crippen LogP contribution in [0.25, 0.3) is 0 Å². The van der Waals surface area contributed by atoms with Crippen molar-refractivity contribution in [3.63, 3.8) is 0 Å². The summed E-state index contributed by atoms with van der Waals surface area (Å²) in [5, 5.41) is 0. The van der Waals surface area contributed by atoms with Gasteiger partial charge < -0.3 is 14.5 Å². The quantitative estimate of drug-likeness (QED) is 0.738. The van der Waals surface area contributed by atoms with Crippen LogP contribution in [-0.4, -0.2) is 76.8 Å². The van der Waals surface area contributed by atoms with E-state index < -0.39 is 5.60 Å². The molecule has 8 heteroatoms. The standard InChI is InChI=1S/C20H25N3O5/c1-20(2,3)28-19(27)22-12-10-21(11-13-22)16(24)8-9-23-17(25)14-6-4-5-7-15(14)18(23)26/h4-7H,8-13H2,1-3H3. The first-order valence-corrected chi connectivity index (χ1v) is 9.38. The Balaban J connectivity index is 1.49. The van der Waals surface area contributed by atoms with Crippen LogP contribution in [0.5, 0.6) is 0 Å². The monoisotopic (exact) mass is 387 g/mol. The lowest BCUT2D eigenvalue weighted by Gasteiger charge is -2.35. The Morgan fingerprint density at radius 2 is 1.43 bits per heavy atom. The predicted octanol–water partition coefficient (Wildman–Crippen LogP) is 1.75. The molecule has 2 aliphatic heterocycles. The maximum absolute atomic E-state index is 12.5. The van der Waals surface area contributed by atoms with Crippen molar-refractivity contribution in [1.82, 2.24) is 14.7 Å². The Kier molecular flexibility index (Phi) is 5.40. The van der Waals surface area contributed by atoms with Crippen molar-refractivity contribution >= 4 is 23.8 Å². The minimum atomic E-state index is -0.559. The fourth-order valence-corrected chi connectivity index (χ4v) is 3.27. The lowest BCUT2D eigenvalue weighted by molar-refractivity contribution is -0.133. The van der Waals surface area contributed by atoms with Crippen LogP contribution in [0.15, 0.2) is 24.3 Å². The maximum Gasteiger partial charge on any atom is 0.410 e. The Labute approximate surface area is 164 Å². The molecule has 2 heterocycles. The number of benzene rings is 1. The molecule has 0 bridgehead atoms. The summed E-state index contributed by atoms with van der Waals surface area (Å²) in [7, 11) is 0. The number of piperazine rings is 1. The Morgan fingerprint density at radius 3 is 1.93 bits per heavy atom. The topological polar surface area (TPSA) is 87.2 Å². The smallest absolute Gasteiger partial charge is 0.410 e. The number of fused-ring (bicyclic) bond motifs is 1. The molecule has 0 spiro atoms. The number of nitrogens with zero attached hydrogens (tertiary/aromatic N) is 3. The molecular formula is C20H25N3O5. The number of amides is 4. The summed E-state index contributed by atoms with van der Waals surface area (Å²) in [6.07, 6.45) is -0.316. The molecule has 28 heavy (non-hydrogen) atoms. The van der Waals surface area contributed by atoms with Gasteiger partial charge in [-0.1, -0.05) is 12.1 Å². The molecule has 0 atom stereocenters. The first kappa shape index (κ1) is 19.9. The van der Waals surface area contributed by atoms with Gasteiger partial charge in [-0.2, -0.15) is 0 Å². The summed E-state index contributed by atoms with van der Waals surface area (Å²) >= 11 is 0. The third-order valence-corrected chi connectivity index (χ3v) is 4.71. The molecule has 150 valence electrons. The van der Waals surface area contributed by atoms with E-state index in [9.17, 15) is 19.2 Å². The van der Waals surface area contributed by atoms with Gasteiger partial charge in [-0.05, 0) is 32.9 Å². The van der Waals surface area contributed by atoms with Gasteiger partial charge in [0.1, 0.15) is 5.60 Å². The summed E-state index contributed by atoms with van der Waals surface area (Å²) in [6, 6.07) is 6.66. The van der Waals surface area contributed by atoms with Crippen LogP contribution in [-0.2, 0) is 9.53 Å². The lowest BCUT2D eigenvalue weighted by Crippen LogP contribution is -2.52. The molecule has 1 fully saturated rings. The molecule has 8 nitrogen and oxygen atoms in total. The third kappa shape index (κ3) is 4.16. The van der Waals surface area contributed by atoms with Gasteiger partial charge in [0.2, 0.25) is 5.91 Å². The van der Waals surface area contributed by atoms with E-state index in [1.807, 2.05) is 20.8 Å². The zero-order valence-corrected chi connectivity index (χ0v) is 16.4. The second kappa shape index (κ2) is 7.61. The molecule has 0 saturated carbocycles. The van der Waals surface area contributed by atoms with Crippen LogP contribution >= 0.6 is 0 Å². The Bertz CT molecular complexity index is 771. The van der Waals surface area contributed by atoms with E-state index in [1.54, 1.807) is 34.1 Å². The molecule has 0 N–H and O–H groups in total. The largest absolute Gasteiger partial charge is 0.444 e. The molecule has 0 aromatic heterocycles. The van der Waals surface area contributed by atoms with Gasteiger partial charge >= 0.3 is 6.09 Å². The van der Waals surface area contributed by atoms with Gasteiger partial charge in [0.25, 0.3) is 11.8 Å². The van der Waals surface area contributed by atoms with Gasteiger partial charge in [0, 0.05) is 39.1 Å². The molecule has 2 aliphatic rings. The van der Waals surface area contributed by atoms with Crippen LogP contribution in [0.3, 0.4) is 0 Å². The predicted molar refractivity (Wildman–Crippen MR) is 101 cm³/mol. The van der Waals surface area contributed by atoms with E-state index in [0.717, 1.165) is 4.90 Å². The van der Waals surface area contributed by atoms with E-state index in [-0.39, 0.29) is 36.8 Å². The number of imide groups is 1. The van der Waals surface area contributed by atoms with Crippen molar-refractivity contribution in [2.45, 2.75) is 32.8 Å². The summed E-state index contributed by atoms with van der Waals surface area (Å²) < 4.78 is 5.34. The first-order valence-electron chi connectivity index (χ1n) is 9.38. The molecule has 0 aliphatic carbocycles. The van der Waals surface area contributed by atoms with Crippen LogP contribution < -0.4 is 0 Å². The molecular weight excluding hydrogens is 362 g/mol. The summed E-state index contributed by atoms with van der Waals surface area (Å²) in [5.41, 5.74) is 0.202. The molecule has 1 aromatic rings. The van der Waals surface area contributed by atoms with Gasteiger partial charge in [0.05, 0.1) is 11.1 Å². The second-order valence-corrected chi connectivity index (χ2v) is 7.91. The Hall–Kier alpha value is -2.90. The first-order chi connectivity index (χ1) is 13.2.